The van der Waals surface area contributed by atoms with E-state index in [1.807, 2.05) is 6.07 Å². The zero-order chi connectivity index (χ0) is 23.3. The second-order valence-electron chi connectivity index (χ2n) is 8.71. The molecule has 2 aromatic rings. The van der Waals surface area contributed by atoms with Gasteiger partial charge in [-0.05, 0) is 59.6 Å². The van der Waals surface area contributed by atoms with Crippen molar-refractivity contribution in [2.24, 2.45) is 17.8 Å². The molecule has 0 radical (unpaired) electrons. The van der Waals surface area contributed by atoms with Crippen LogP contribution < -0.4 is 4.90 Å². The van der Waals surface area contributed by atoms with Gasteiger partial charge in [0.05, 0.1) is 30.2 Å². The van der Waals surface area contributed by atoms with E-state index < -0.39 is 42.5 Å². The number of anilines is 1. The Bertz CT molecular complexity index is 1140. The average Bonchev–Trinajstić information content (AvgIpc) is 3.06. The summed E-state index contributed by atoms with van der Waals surface area (Å²) in [5.74, 6) is -3.54. The van der Waals surface area contributed by atoms with Gasteiger partial charge in [-0.1, -0.05) is 24.3 Å². The Kier molecular flexibility index (Phi) is 5.56. The second kappa shape index (κ2) is 8.41. The van der Waals surface area contributed by atoms with Crippen molar-refractivity contribution in [2.45, 2.75) is 18.9 Å². The lowest BCUT2D eigenvalue weighted by atomic mass is 9.55. The van der Waals surface area contributed by atoms with Crippen molar-refractivity contribution in [1.82, 2.24) is 0 Å². The van der Waals surface area contributed by atoms with Crippen molar-refractivity contribution in [2.75, 3.05) is 18.6 Å². The van der Waals surface area contributed by atoms with Crippen LogP contribution in [0.25, 0.3) is 0 Å². The number of phenols is 1. The maximum absolute atomic E-state index is 14.0. The van der Waals surface area contributed by atoms with Gasteiger partial charge in [0, 0.05) is 7.11 Å². The SMILES string of the molecule is COCC1=C2B(O)O[C@H](c3ccc(O)c(F)c3)C[C@H]2[C@H]2C(=O)N(c3ccccc3)C(=O)[C@H]2C1. The van der Waals surface area contributed by atoms with Crippen LogP contribution in [0.2, 0.25) is 0 Å². The number of methoxy groups -OCH3 is 1. The van der Waals surface area contributed by atoms with Crippen LogP contribution in [0.5, 0.6) is 5.75 Å². The molecular weight excluding hydrogens is 428 g/mol. The molecule has 2 fully saturated rings. The molecule has 2 aromatic carbocycles. The molecule has 0 aromatic heterocycles. The molecule has 4 atom stereocenters. The van der Waals surface area contributed by atoms with Gasteiger partial charge >= 0.3 is 7.12 Å². The van der Waals surface area contributed by atoms with Crippen molar-refractivity contribution in [1.29, 1.82) is 0 Å². The van der Waals surface area contributed by atoms with Crippen LogP contribution in [0, 0.1) is 23.6 Å². The van der Waals surface area contributed by atoms with Crippen molar-refractivity contribution in [3.05, 3.63) is 71.0 Å². The van der Waals surface area contributed by atoms with E-state index in [0.29, 0.717) is 23.1 Å². The molecule has 2 saturated heterocycles. The van der Waals surface area contributed by atoms with E-state index in [1.54, 1.807) is 24.3 Å². The number of hydrogen-bond donors (Lipinski definition) is 2. The lowest BCUT2D eigenvalue weighted by Crippen LogP contribution is -2.45. The maximum atomic E-state index is 14.0. The summed E-state index contributed by atoms with van der Waals surface area (Å²) in [6.45, 7) is 0.209. The fourth-order valence-electron chi connectivity index (χ4n) is 5.49. The number of hydrogen-bond acceptors (Lipinski definition) is 6. The lowest BCUT2D eigenvalue weighted by Gasteiger charge is -2.42. The van der Waals surface area contributed by atoms with Crippen LogP contribution in [0.4, 0.5) is 10.1 Å². The summed E-state index contributed by atoms with van der Waals surface area (Å²) in [4.78, 5) is 28.2. The molecule has 3 aliphatic rings. The molecule has 5 rings (SSSR count). The first-order valence-corrected chi connectivity index (χ1v) is 10.9. The minimum Gasteiger partial charge on any atom is -0.505 e. The van der Waals surface area contributed by atoms with E-state index in [0.717, 1.165) is 11.6 Å². The van der Waals surface area contributed by atoms with E-state index in [4.69, 9.17) is 9.39 Å². The number of carbonyl (C=O) groups excluding carboxylic acids is 2. The number of allylic oxidation sites excluding steroid dienone is 1. The summed E-state index contributed by atoms with van der Waals surface area (Å²) < 4.78 is 25.1. The summed E-state index contributed by atoms with van der Waals surface area (Å²) in [7, 11) is 0.218. The number of ether oxygens (including phenoxy) is 1. The topological polar surface area (TPSA) is 96.3 Å². The Hall–Kier alpha value is -3.01. The molecule has 2 amide bonds. The Balaban J connectivity index is 1.55. The number of carbonyl (C=O) groups is 2. The standard InChI is InChI=1S/C24H23BFNO6/c1-32-12-14-9-17-21(24(30)27(23(17)29)15-5-3-2-4-6-15)16-11-20(33-25(31)22(14)16)13-7-8-19(28)18(26)10-13/h2-8,10,16-17,20-21,28,31H,9,11-12H2,1H3/t16-,17-,20-,21+/m0/s1. The maximum Gasteiger partial charge on any atom is 0.487 e. The number of amides is 2. The van der Waals surface area contributed by atoms with E-state index in [2.05, 4.69) is 0 Å². The number of aromatic hydroxyl groups is 1. The van der Waals surface area contributed by atoms with Crippen LogP contribution in [0.3, 0.4) is 0 Å². The number of nitrogens with zero attached hydrogens (tertiary/aromatic N) is 1. The van der Waals surface area contributed by atoms with Gasteiger partial charge in [-0.15, -0.1) is 0 Å². The number of rotatable bonds is 4. The van der Waals surface area contributed by atoms with Gasteiger partial charge < -0.3 is 19.5 Å². The number of halogens is 1. The van der Waals surface area contributed by atoms with Crippen molar-refractivity contribution < 1.29 is 33.5 Å². The monoisotopic (exact) mass is 451 g/mol. The Morgan fingerprint density at radius 3 is 2.61 bits per heavy atom. The van der Waals surface area contributed by atoms with Crippen LogP contribution in [-0.4, -0.2) is 42.8 Å². The predicted octanol–water partition coefficient (Wildman–Crippen LogP) is 2.78. The highest BCUT2D eigenvalue weighted by Gasteiger charge is 2.58. The zero-order valence-electron chi connectivity index (χ0n) is 18.0. The summed E-state index contributed by atoms with van der Waals surface area (Å²) >= 11 is 0. The minimum atomic E-state index is -1.31. The molecule has 2 aliphatic heterocycles. The number of benzene rings is 2. The summed E-state index contributed by atoms with van der Waals surface area (Å²) in [5, 5.41) is 20.4. The summed E-state index contributed by atoms with van der Waals surface area (Å²) in [6.07, 6.45) is -0.121. The Morgan fingerprint density at radius 1 is 1.15 bits per heavy atom. The van der Waals surface area contributed by atoms with E-state index >= 15 is 0 Å². The van der Waals surface area contributed by atoms with Gasteiger partial charge in [0.2, 0.25) is 11.8 Å². The molecule has 7 nitrogen and oxygen atoms in total. The smallest absolute Gasteiger partial charge is 0.487 e. The molecule has 9 heteroatoms. The second-order valence-corrected chi connectivity index (χ2v) is 8.71. The van der Waals surface area contributed by atoms with Gasteiger partial charge in [0.1, 0.15) is 0 Å². The highest BCUT2D eigenvalue weighted by Crippen LogP contribution is 2.52. The Labute approximate surface area is 190 Å². The minimum absolute atomic E-state index is 0.209. The number of para-hydroxylation sites is 1. The van der Waals surface area contributed by atoms with Crippen LogP contribution >= 0.6 is 0 Å². The summed E-state index contributed by atoms with van der Waals surface area (Å²) in [6, 6.07) is 12.7. The van der Waals surface area contributed by atoms with Crippen molar-refractivity contribution >= 4 is 24.6 Å². The zero-order valence-corrected chi connectivity index (χ0v) is 18.0. The molecule has 170 valence electrons. The quantitative estimate of drug-likeness (QED) is 0.549. The predicted molar refractivity (Wildman–Crippen MR) is 117 cm³/mol. The van der Waals surface area contributed by atoms with Crippen molar-refractivity contribution in [3.8, 4) is 5.75 Å². The average molecular weight is 451 g/mol. The number of imide groups is 1. The van der Waals surface area contributed by atoms with E-state index in [-0.39, 0.29) is 24.8 Å². The lowest BCUT2D eigenvalue weighted by molar-refractivity contribution is -0.123. The normalized spacial score (nSPS) is 27.1. The fraction of sp³-hybridized carbons (Fsp3) is 0.333. The van der Waals surface area contributed by atoms with E-state index in [1.165, 1.54) is 24.1 Å². The summed E-state index contributed by atoms with van der Waals surface area (Å²) in [5.41, 5.74) is 2.28. The molecule has 0 spiro atoms. The van der Waals surface area contributed by atoms with Crippen LogP contribution in [0.1, 0.15) is 24.5 Å². The third-order valence-corrected chi connectivity index (χ3v) is 6.89. The molecular formula is C24H23BFNO6. The largest absolute Gasteiger partial charge is 0.505 e. The Morgan fingerprint density at radius 2 is 1.91 bits per heavy atom. The third-order valence-electron chi connectivity index (χ3n) is 6.89. The first-order chi connectivity index (χ1) is 15.9. The molecule has 0 bridgehead atoms. The van der Waals surface area contributed by atoms with Gasteiger partial charge in [-0.25, -0.2) is 4.39 Å². The molecule has 33 heavy (non-hydrogen) atoms. The van der Waals surface area contributed by atoms with E-state index in [9.17, 15) is 24.1 Å². The fourth-order valence-corrected chi connectivity index (χ4v) is 5.49. The molecule has 2 N–H and O–H groups in total. The molecule has 1 aliphatic carbocycles. The van der Waals surface area contributed by atoms with Gasteiger partial charge in [-0.2, -0.15) is 0 Å². The van der Waals surface area contributed by atoms with Crippen molar-refractivity contribution in [3.63, 3.8) is 0 Å². The van der Waals surface area contributed by atoms with Crippen LogP contribution in [-0.2, 0) is 19.0 Å². The van der Waals surface area contributed by atoms with Gasteiger partial charge in [0.15, 0.2) is 11.6 Å². The molecule has 2 heterocycles. The molecule has 0 saturated carbocycles. The first kappa shape index (κ1) is 21.8. The van der Waals surface area contributed by atoms with Crippen LogP contribution in [0.15, 0.2) is 59.6 Å². The number of phenolic OH excluding ortho intramolecular Hbond substituents is 1. The molecule has 0 unspecified atom stereocenters. The van der Waals surface area contributed by atoms with Gasteiger partial charge in [-0.3, -0.25) is 14.5 Å². The van der Waals surface area contributed by atoms with Gasteiger partial charge in [0.25, 0.3) is 0 Å². The number of fused-ring (bicyclic) bond motifs is 3. The first-order valence-electron chi connectivity index (χ1n) is 10.9. The highest BCUT2D eigenvalue weighted by molar-refractivity contribution is 6.53. The third kappa shape index (κ3) is 3.56. The highest BCUT2D eigenvalue weighted by atomic mass is 19.1.